The van der Waals surface area contributed by atoms with Gasteiger partial charge in [-0.1, -0.05) is 44.9 Å². The molecule has 0 saturated heterocycles. The molecule has 7 heteroatoms. The van der Waals surface area contributed by atoms with E-state index < -0.39 is 4.92 Å². The molecule has 0 aliphatic heterocycles. The number of benzene rings is 2. The van der Waals surface area contributed by atoms with Crippen molar-refractivity contribution in [2.45, 2.75) is 52.6 Å². The number of carbonyl (C=O) groups excluding carboxylic acids is 1. The van der Waals surface area contributed by atoms with Gasteiger partial charge in [-0.25, -0.2) is 0 Å². The van der Waals surface area contributed by atoms with Crippen LogP contribution in [0.5, 0.6) is 5.75 Å². The molecule has 158 valence electrons. The van der Waals surface area contributed by atoms with Crippen molar-refractivity contribution in [2.24, 2.45) is 0 Å². The van der Waals surface area contributed by atoms with Crippen LogP contribution in [-0.4, -0.2) is 42.1 Å². The SMILES string of the molecule is CCCCN(CCCC)C(C)NC(=O)c1cc([N+](=O)[O-])c2ccccc2c1OC. The minimum atomic E-state index is -0.462. The molecule has 2 rings (SSSR count). The van der Waals surface area contributed by atoms with Gasteiger partial charge in [-0.3, -0.25) is 19.8 Å². The van der Waals surface area contributed by atoms with Crippen LogP contribution in [0.15, 0.2) is 30.3 Å². The Morgan fingerprint density at radius 2 is 1.76 bits per heavy atom. The van der Waals surface area contributed by atoms with Crippen LogP contribution in [0.3, 0.4) is 0 Å². The summed E-state index contributed by atoms with van der Waals surface area (Å²) in [6.45, 7) is 8.02. The highest BCUT2D eigenvalue weighted by Crippen LogP contribution is 2.36. The summed E-state index contributed by atoms with van der Waals surface area (Å²) in [5.74, 6) is -0.0224. The smallest absolute Gasteiger partial charge is 0.278 e. The molecule has 0 heterocycles. The first-order valence-corrected chi connectivity index (χ1v) is 10.2. The van der Waals surface area contributed by atoms with Crippen LogP contribution < -0.4 is 10.1 Å². The molecular weight excluding hydrogens is 370 g/mol. The number of amides is 1. The van der Waals surface area contributed by atoms with Crippen molar-refractivity contribution in [3.05, 3.63) is 46.0 Å². The molecule has 1 unspecified atom stereocenters. The Balaban J connectivity index is 2.37. The summed E-state index contributed by atoms with van der Waals surface area (Å²) in [6, 6.07) is 8.21. The van der Waals surface area contributed by atoms with Crippen LogP contribution in [0.2, 0.25) is 0 Å². The maximum absolute atomic E-state index is 13.1. The highest BCUT2D eigenvalue weighted by Gasteiger charge is 2.25. The summed E-state index contributed by atoms with van der Waals surface area (Å²) in [5, 5.41) is 15.6. The molecule has 0 aliphatic carbocycles. The van der Waals surface area contributed by atoms with E-state index in [-0.39, 0.29) is 23.3 Å². The monoisotopic (exact) mass is 401 g/mol. The minimum Gasteiger partial charge on any atom is -0.495 e. The molecule has 0 aliphatic rings. The van der Waals surface area contributed by atoms with Gasteiger partial charge in [0, 0.05) is 24.5 Å². The third-order valence-electron chi connectivity index (χ3n) is 5.10. The maximum Gasteiger partial charge on any atom is 0.278 e. The molecule has 0 radical (unpaired) electrons. The maximum atomic E-state index is 13.1. The molecule has 1 amide bonds. The predicted molar refractivity (Wildman–Crippen MR) is 115 cm³/mol. The number of rotatable bonds is 11. The molecule has 0 aromatic heterocycles. The van der Waals surface area contributed by atoms with Crippen LogP contribution in [0.1, 0.15) is 56.8 Å². The Morgan fingerprint density at radius 1 is 1.17 bits per heavy atom. The zero-order valence-electron chi connectivity index (χ0n) is 17.7. The van der Waals surface area contributed by atoms with Crippen molar-refractivity contribution in [3.8, 4) is 5.75 Å². The standard InChI is InChI=1S/C22H31N3O4/c1-5-7-13-24(14-8-6-2)16(3)23-22(26)19-15-20(25(27)28)17-11-9-10-12-18(17)21(19)29-4/h9-12,15-16H,5-8,13-14H2,1-4H3,(H,23,26). The van der Waals surface area contributed by atoms with Gasteiger partial charge in [0.2, 0.25) is 0 Å². The average molecular weight is 402 g/mol. The summed E-state index contributed by atoms with van der Waals surface area (Å²) < 4.78 is 5.49. The summed E-state index contributed by atoms with van der Waals surface area (Å²) in [4.78, 5) is 26.4. The van der Waals surface area contributed by atoms with Gasteiger partial charge in [0.1, 0.15) is 5.75 Å². The second kappa shape index (κ2) is 10.8. The van der Waals surface area contributed by atoms with Gasteiger partial charge < -0.3 is 10.1 Å². The van der Waals surface area contributed by atoms with E-state index in [0.29, 0.717) is 16.5 Å². The zero-order valence-corrected chi connectivity index (χ0v) is 17.7. The number of hydrogen-bond donors (Lipinski definition) is 1. The summed E-state index contributed by atoms with van der Waals surface area (Å²) in [6.07, 6.45) is 4.07. The molecule has 1 atom stereocenters. The third-order valence-corrected chi connectivity index (χ3v) is 5.10. The van der Waals surface area contributed by atoms with Gasteiger partial charge in [0.15, 0.2) is 0 Å². The van der Waals surface area contributed by atoms with Gasteiger partial charge in [-0.05, 0) is 25.8 Å². The van der Waals surface area contributed by atoms with Crippen molar-refractivity contribution >= 4 is 22.4 Å². The summed E-state index contributed by atoms with van der Waals surface area (Å²) in [5.41, 5.74) is 0.0729. The van der Waals surface area contributed by atoms with E-state index in [1.54, 1.807) is 24.3 Å². The Morgan fingerprint density at radius 3 is 2.28 bits per heavy atom. The van der Waals surface area contributed by atoms with E-state index in [2.05, 4.69) is 24.1 Å². The number of nitrogens with one attached hydrogen (secondary N) is 1. The molecular formula is C22H31N3O4. The fourth-order valence-corrected chi connectivity index (χ4v) is 3.45. The molecule has 1 N–H and O–H groups in total. The van der Waals surface area contributed by atoms with Crippen molar-refractivity contribution in [3.63, 3.8) is 0 Å². The average Bonchev–Trinajstić information content (AvgIpc) is 2.72. The van der Waals surface area contributed by atoms with Crippen molar-refractivity contribution < 1.29 is 14.5 Å². The number of ether oxygens (including phenoxy) is 1. The molecule has 0 fully saturated rings. The number of fused-ring (bicyclic) bond motifs is 1. The van der Waals surface area contributed by atoms with Crippen LogP contribution in [0, 0.1) is 10.1 Å². The van der Waals surface area contributed by atoms with Gasteiger partial charge in [0.25, 0.3) is 11.6 Å². The first-order valence-electron chi connectivity index (χ1n) is 10.2. The second-order valence-corrected chi connectivity index (χ2v) is 7.17. The van der Waals surface area contributed by atoms with Crippen molar-refractivity contribution in [1.29, 1.82) is 0 Å². The number of unbranched alkanes of at least 4 members (excludes halogenated alkanes) is 2. The normalized spacial score (nSPS) is 12.2. The molecule has 0 saturated carbocycles. The number of nitro benzene ring substituents is 1. The second-order valence-electron chi connectivity index (χ2n) is 7.17. The third kappa shape index (κ3) is 5.44. The van der Waals surface area contributed by atoms with E-state index >= 15 is 0 Å². The Hall–Kier alpha value is -2.67. The number of methoxy groups -OCH3 is 1. The zero-order chi connectivity index (χ0) is 21.4. The molecule has 2 aromatic rings. The van der Waals surface area contributed by atoms with Crippen LogP contribution >= 0.6 is 0 Å². The lowest BCUT2D eigenvalue weighted by molar-refractivity contribution is -0.383. The first-order chi connectivity index (χ1) is 13.9. The van der Waals surface area contributed by atoms with Gasteiger partial charge >= 0.3 is 0 Å². The fraction of sp³-hybridized carbons (Fsp3) is 0.500. The lowest BCUT2D eigenvalue weighted by Gasteiger charge is -2.29. The molecule has 7 nitrogen and oxygen atoms in total. The van der Waals surface area contributed by atoms with Crippen LogP contribution in [0.4, 0.5) is 5.69 Å². The molecule has 0 bridgehead atoms. The quantitative estimate of drug-likeness (QED) is 0.334. The summed E-state index contributed by atoms with van der Waals surface area (Å²) >= 11 is 0. The fourth-order valence-electron chi connectivity index (χ4n) is 3.45. The van der Waals surface area contributed by atoms with E-state index in [0.717, 1.165) is 38.8 Å². The number of hydrogen-bond acceptors (Lipinski definition) is 5. The van der Waals surface area contributed by atoms with Crippen LogP contribution in [0.25, 0.3) is 10.8 Å². The summed E-state index contributed by atoms with van der Waals surface area (Å²) in [7, 11) is 1.47. The lowest BCUT2D eigenvalue weighted by Crippen LogP contribution is -2.47. The van der Waals surface area contributed by atoms with Gasteiger partial charge in [0.05, 0.1) is 29.1 Å². The topological polar surface area (TPSA) is 84.7 Å². The van der Waals surface area contributed by atoms with Gasteiger partial charge in [-0.15, -0.1) is 0 Å². The van der Waals surface area contributed by atoms with E-state index in [9.17, 15) is 14.9 Å². The van der Waals surface area contributed by atoms with E-state index in [1.165, 1.54) is 13.2 Å². The van der Waals surface area contributed by atoms with Crippen molar-refractivity contribution in [2.75, 3.05) is 20.2 Å². The molecule has 0 spiro atoms. The van der Waals surface area contributed by atoms with Gasteiger partial charge in [-0.2, -0.15) is 0 Å². The van der Waals surface area contributed by atoms with Crippen molar-refractivity contribution in [1.82, 2.24) is 10.2 Å². The Kier molecular flexibility index (Phi) is 8.39. The highest BCUT2D eigenvalue weighted by atomic mass is 16.6. The number of nitrogens with zero attached hydrogens (tertiary/aromatic N) is 2. The molecule has 2 aromatic carbocycles. The lowest BCUT2D eigenvalue weighted by atomic mass is 10.0. The van der Waals surface area contributed by atoms with E-state index in [4.69, 9.17) is 4.74 Å². The molecule has 29 heavy (non-hydrogen) atoms. The highest BCUT2D eigenvalue weighted by molar-refractivity contribution is 6.07. The number of nitro groups is 1. The predicted octanol–water partition coefficient (Wildman–Crippen LogP) is 4.73. The van der Waals surface area contributed by atoms with E-state index in [1.807, 2.05) is 6.92 Å². The Bertz CT molecular complexity index is 845. The number of non-ortho nitro benzene ring substituents is 1. The van der Waals surface area contributed by atoms with Crippen LogP contribution in [-0.2, 0) is 0 Å². The first kappa shape index (κ1) is 22.6. The largest absolute Gasteiger partial charge is 0.495 e. The number of carbonyl (C=O) groups is 1. The minimum absolute atomic E-state index is 0.104. The Labute approximate surface area is 172 Å².